The lowest BCUT2D eigenvalue weighted by Crippen LogP contribution is -2.17. The Labute approximate surface area is 436 Å². The van der Waals surface area contributed by atoms with E-state index in [-0.39, 0.29) is 23.3 Å². The molecule has 370 valence electrons. The number of rotatable bonds is 12. The zero-order chi connectivity index (χ0) is 52.2. The first-order valence-electron chi connectivity index (χ1n) is 24.7. The fourth-order valence-electron chi connectivity index (χ4n) is 10.4. The molecule has 76 heavy (non-hydrogen) atoms. The lowest BCUT2D eigenvalue weighted by molar-refractivity contribution is 0.627. The van der Waals surface area contributed by atoms with Crippen LogP contribution >= 0.6 is 0 Å². The van der Waals surface area contributed by atoms with Gasteiger partial charge in [-0.15, -0.1) is 0 Å². The summed E-state index contributed by atoms with van der Waals surface area (Å²) in [6.07, 6.45) is 14.2. The van der Waals surface area contributed by atoms with Gasteiger partial charge in [0.15, 0.2) is 0 Å². The topological polar surface area (TPSA) is 64.5 Å². The monoisotopic (exact) mass is 1000 g/mol. The molecule has 0 aliphatic rings. The minimum atomic E-state index is -0.388. The molecule has 0 aliphatic heterocycles. The molecule has 4 heterocycles. The van der Waals surface area contributed by atoms with Gasteiger partial charge < -0.3 is 19.6 Å². The van der Waals surface area contributed by atoms with Crippen molar-refractivity contribution in [2.24, 2.45) is 0 Å². The Morgan fingerprint density at radius 2 is 0.474 bits per heavy atom. The molecule has 12 heteroatoms. The highest BCUT2D eigenvalue weighted by atomic mass is 19.1. The van der Waals surface area contributed by atoms with Gasteiger partial charge in [-0.1, -0.05) is 24.3 Å². The molecule has 4 aromatic heterocycles. The van der Waals surface area contributed by atoms with Crippen LogP contribution in [-0.2, 0) is 0 Å². The average Bonchev–Trinajstić information content (AvgIpc) is 3.63. The molecule has 0 radical (unpaired) electrons. The van der Waals surface area contributed by atoms with E-state index in [0.717, 1.165) is 100 Å². The smallest absolute Gasteiger partial charge is 0.123 e. The molecule has 8 aromatic carbocycles. The Bertz CT molecular complexity index is 3590. The lowest BCUT2D eigenvalue weighted by atomic mass is 9.89. The molecule has 0 saturated heterocycles. The van der Waals surface area contributed by atoms with Gasteiger partial charge in [0, 0.05) is 79.9 Å². The van der Waals surface area contributed by atoms with Crippen molar-refractivity contribution < 1.29 is 17.6 Å². The van der Waals surface area contributed by atoms with Crippen molar-refractivity contribution in [1.82, 2.24) is 19.9 Å². The maximum atomic E-state index is 15.0. The van der Waals surface area contributed by atoms with Crippen LogP contribution in [-0.4, -0.2) is 19.9 Å². The van der Waals surface area contributed by atoms with E-state index in [1.54, 1.807) is 73.3 Å². The second-order valence-electron chi connectivity index (χ2n) is 18.8. The van der Waals surface area contributed by atoms with Crippen LogP contribution < -0.4 is 19.6 Å². The van der Waals surface area contributed by atoms with Gasteiger partial charge in [-0.3, -0.25) is 19.9 Å². The Morgan fingerprint density at radius 3 is 0.671 bits per heavy atom. The third-order valence-corrected chi connectivity index (χ3v) is 14.1. The van der Waals surface area contributed by atoms with Gasteiger partial charge in [-0.2, -0.15) is 0 Å². The average molecular weight is 1000 g/mol. The van der Waals surface area contributed by atoms with Crippen LogP contribution in [0.4, 0.5) is 85.8 Å². The minimum Gasteiger partial charge on any atom is -0.308 e. The third-order valence-electron chi connectivity index (χ3n) is 14.1. The lowest BCUT2D eigenvalue weighted by Gasteiger charge is -2.35. The summed E-state index contributed by atoms with van der Waals surface area (Å²) in [5.74, 6) is -1.55. The van der Waals surface area contributed by atoms with E-state index in [2.05, 4.69) is 75.9 Å². The first-order chi connectivity index (χ1) is 37.0. The van der Waals surface area contributed by atoms with E-state index in [4.69, 9.17) is 0 Å². The molecule has 8 nitrogen and oxygen atoms in total. The molecule has 0 bridgehead atoms. The van der Waals surface area contributed by atoms with E-state index in [1.165, 1.54) is 48.5 Å². The standard InChI is InChI=1S/C64H46F4N8/c1-39-25-29-69-35-59(39)73(47-13-5-43(65)6-14-47)55-33-56(74(48-15-7-44(66)8-16-48)60-36-70-30-26-40(60)2)52-23-24-54-58(76(50-19-11-46(68)12-20-50)62-38-72-32-28-42(62)4)34-57(53-22-21-51(55)63(52)64(53)54)75(49-17-9-45(67)10-18-49)61-37-71-31-27-41(61)3/h5-38H,1-4H3. The number of hydrogen-bond acceptors (Lipinski definition) is 8. The molecule has 0 atom stereocenters. The van der Waals surface area contributed by atoms with Crippen molar-refractivity contribution in [2.45, 2.75) is 27.7 Å². The highest BCUT2D eigenvalue weighted by Gasteiger charge is 2.30. The maximum absolute atomic E-state index is 15.0. The number of benzene rings is 8. The van der Waals surface area contributed by atoms with Gasteiger partial charge in [0.05, 0.1) is 70.3 Å². The van der Waals surface area contributed by atoms with E-state index in [9.17, 15) is 0 Å². The summed E-state index contributed by atoms with van der Waals surface area (Å²) in [6, 6.07) is 46.1. The number of aryl methyl sites for hydroxylation is 4. The molecular formula is C64H46F4N8. The zero-order valence-corrected chi connectivity index (χ0v) is 41.7. The summed E-state index contributed by atoms with van der Waals surface area (Å²) in [4.78, 5) is 26.9. The van der Waals surface area contributed by atoms with Crippen LogP contribution in [0, 0.1) is 51.0 Å². The molecule has 12 aromatic rings. The minimum absolute atomic E-state index is 0.388. The first-order valence-corrected chi connectivity index (χ1v) is 24.7. The molecule has 0 amide bonds. The third kappa shape index (κ3) is 8.30. The van der Waals surface area contributed by atoms with Gasteiger partial charge >= 0.3 is 0 Å². The molecule has 12 rings (SSSR count). The molecule has 0 fully saturated rings. The van der Waals surface area contributed by atoms with Crippen LogP contribution in [0.15, 0.2) is 207 Å². The Kier molecular flexibility index (Phi) is 12.0. The van der Waals surface area contributed by atoms with Gasteiger partial charge in [-0.25, -0.2) is 17.6 Å². The maximum Gasteiger partial charge on any atom is 0.123 e. The van der Waals surface area contributed by atoms with Crippen molar-refractivity contribution in [3.05, 3.63) is 253 Å². The van der Waals surface area contributed by atoms with E-state index >= 15 is 17.6 Å². The number of pyridine rings is 4. The Hall–Kier alpha value is -9.68. The number of anilines is 12. The molecule has 0 spiro atoms. The van der Waals surface area contributed by atoms with Gasteiger partial charge in [-0.05, 0) is 183 Å². The van der Waals surface area contributed by atoms with Crippen LogP contribution in [0.5, 0.6) is 0 Å². The molecule has 0 N–H and O–H groups in total. The van der Waals surface area contributed by atoms with Gasteiger partial charge in [0.1, 0.15) is 23.3 Å². The van der Waals surface area contributed by atoms with E-state index < -0.39 is 0 Å². The summed E-state index contributed by atoms with van der Waals surface area (Å²) < 4.78 is 60.1. The first kappa shape index (κ1) is 47.3. The summed E-state index contributed by atoms with van der Waals surface area (Å²) in [7, 11) is 0. The van der Waals surface area contributed by atoms with Crippen LogP contribution in [0.3, 0.4) is 0 Å². The Morgan fingerprint density at radius 1 is 0.263 bits per heavy atom. The molecule has 0 aliphatic carbocycles. The summed E-state index contributed by atoms with van der Waals surface area (Å²) in [6.45, 7) is 8.06. The zero-order valence-electron chi connectivity index (χ0n) is 41.7. The predicted molar refractivity (Wildman–Crippen MR) is 299 cm³/mol. The van der Waals surface area contributed by atoms with Gasteiger partial charge in [0.25, 0.3) is 0 Å². The largest absolute Gasteiger partial charge is 0.308 e. The molecular weight excluding hydrogens is 957 g/mol. The van der Waals surface area contributed by atoms with Crippen molar-refractivity contribution in [2.75, 3.05) is 19.6 Å². The van der Waals surface area contributed by atoms with Crippen molar-refractivity contribution in [3.8, 4) is 0 Å². The summed E-state index contributed by atoms with van der Waals surface area (Å²) in [5, 5.41) is 5.07. The predicted octanol–water partition coefficient (Wildman–Crippen LogP) is 17.8. The highest BCUT2D eigenvalue weighted by Crippen LogP contribution is 2.55. The molecule has 0 saturated carbocycles. The summed E-state index contributed by atoms with van der Waals surface area (Å²) >= 11 is 0. The van der Waals surface area contributed by atoms with Crippen LogP contribution in [0.2, 0.25) is 0 Å². The van der Waals surface area contributed by atoms with Gasteiger partial charge in [0.2, 0.25) is 0 Å². The number of hydrogen-bond donors (Lipinski definition) is 0. The molecule has 0 unspecified atom stereocenters. The van der Waals surface area contributed by atoms with Crippen LogP contribution in [0.1, 0.15) is 22.3 Å². The van der Waals surface area contributed by atoms with E-state index in [1.807, 2.05) is 76.7 Å². The fourth-order valence-corrected chi connectivity index (χ4v) is 10.4. The fraction of sp³-hybridized carbons (Fsp3) is 0.0625. The SMILES string of the molecule is Cc1ccncc1N(c1ccc(F)cc1)c1cc(N(c2ccc(F)cc2)c2cnccc2C)c2ccc3c(N(c4ccc(F)cc4)c4cnccc4C)cc(N(c4ccc(F)cc4)c4cnccc4C)c4ccc1c2c43. The van der Waals surface area contributed by atoms with E-state index in [0.29, 0.717) is 22.7 Å². The van der Waals surface area contributed by atoms with Crippen molar-refractivity contribution >= 4 is 101 Å². The number of nitrogens with zero attached hydrogens (tertiary/aromatic N) is 8. The van der Waals surface area contributed by atoms with Crippen molar-refractivity contribution in [1.29, 1.82) is 0 Å². The quantitative estimate of drug-likeness (QED) is 0.0886. The second kappa shape index (κ2) is 19.3. The number of halogens is 4. The highest BCUT2D eigenvalue weighted by molar-refractivity contribution is 6.33. The number of aromatic nitrogens is 4. The van der Waals surface area contributed by atoms with Crippen LogP contribution in [0.25, 0.3) is 32.3 Å². The second-order valence-corrected chi connectivity index (χ2v) is 18.8. The normalized spacial score (nSPS) is 11.4. The van der Waals surface area contributed by atoms with Crippen molar-refractivity contribution in [3.63, 3.8) is 0 Å². The Balaban J connectivity index is 1.31. The summed E-state index contributed by atoms with van der Waals surface area (Å²) in [5.41, 5.74) is 12.3.